The van der Waals surface area contributed by atoms with Gasteiger partial charge in [-0.2, -0.15) is 0 Å². The van der Waals surface area contributed by atoms with Gasteiger partial charge in [0.15, 0.2) is 0 Å². The summed E-state index contributed by atoms with van der Waals surface area (Å²) in [5.74, 6) is -0.551. The van der Waals surface area contributed by atoms with Crippen LogP contribution in [0.2, 0.25) is 0 Å². The second-order valence-corrected chi connectivity index (χ2v) is 7.77. The maximum absolute atomic E-state index is 11.4. The van der Waals surface area contributed by atoms with Gasteiger partial charge in [-0.1, -0.05) is 19.8 Å². The van der Waals surface area contributed by atoms with Crippen molar-refractivity contribution in [3.05, 3.63) is 0 Å². The highest BCUT2D eigenvalue weighted by Gasteiger charge is 2.15. The van der Waals surface area contributed by atoms with E-state index in [1.54, 1.807) is 0 Å². The molecule has 0 unspecified atom stereocenters. The van der Waals surface area contributed by atoms with Gasteiger partial charge in [-0.25, -0.2) is 4.79 Å². The molecular formula is C22H42O9. The van der Waals surface area contributed by atoms with Gasteiger partial charge < -0.3 is 33.2 Å². The Hall–Kier alpha value is -1.26. The normalized spacial score (nSPS) is 11.5. The van der Waals surface area contributed by atoms with E-state index in [-0.39, 0.29) is 25.2 Å². The highest BCUT2D eigenvalue weighted by atomic mass is 16.6. The van der Waals surface area contributed by atoms with E-state index >= 15 is 0 Å². The number of rotatable bonds is 21. The average molecular weight is 451 g/mol. The average Bonchev–Trinajstić information content (AvgIpc) is 2.69. The van der Waals surface area contributed by atoms with Gasteiger partial charge in [-0.15, -0.1) is 0 Å². The summed E-state index contributed by atoms with van der Waals surface area (Å²) < 4.78 is 36.8. The Balaban J connectivity index is 3.19. The van der Waals surface area contributed by atoms with Crippen LogP contribution in [0.15, 0.2) is 0 Å². The molecule has 0 radical (unpaired) electrons. The van der Waals surface area contributed by atoms with E-state index in [1.807, 2.05) is 20.8 Å². The Morgan fingerprint density at radius 3 is 1.52 bits per heavy atom. The quantitative estimate of drug-likeness (QED) is 0.193. The van der Waals surface area contributed by atoms with Crippen LogP contribution in [0.5, 0.6) is 0 Å². The minimum Gasteiger partial charge on any atom is -0.463 e. The molecule has 0 atom stereocenters. The van der Waals surface area contributed by atoms with Crippen LogP contribution in [-0.4, -0.2) is 90.2 Å². The molecule has 0 saturated heterocycles. The summed E-state index contributed by atoms with van der Waals surface area (Å²) in [5, 5.41) is 0. The van der Waals surface area contributed by atoms with E-state index in [2.05, 4.69) is 6.92 Å². The maximum Gasteiger partial charge on any atom is 0.332 e. The molecule has 31 heavy (non-hydrogen) atoms. The summed E-state index contributed by atoms with van der Waals surface area (Å²) in [4.78, 5) is 22.8. The first kappa shape index (κ1) is 29.7. The van der Waals surface area contributed by atoms with Gasteiger partial charge >= 0.3 is 11.9 Å². The van der Waals surface area contributed by atoms with Crippen molar-refractivity contribution in [1.29, 1.82) is 0 Å². The predicted octanol–water partition coefficient (Wildman–Crippen LogP) is 2.53. The molecule has 0 aromatic rings. The summed E-state index contributed by atoms with van der Waals surface area (Å²) in [6.07, 6.45) is 3.49. The van der Waals surface area contributed by atoms with Gasteiger partial charge in [0.1, 0.15) is 18.8 Å². The summed E-state index contributed by atoms with van der Waals surface area (Å²) in [7, 11) is 0. The lowest BCUT2D eigenvalue weighted by Gasteiger charge is -2.19. The SMILES string of the molecule is CCCCCC(=O)OCCOCCOCCOCCOCCOCC(=O)OC(C)(C)C. The van der Waals surface area contributed by atoms with Crippen molar-refractivity contribution in [3.63, 3.8) is 0 Å². The zero-order valence-electron chi connectivity index (χ0n) is 19.8. The molecule has 0 amide bonds. The molecule has 0 rings (SSSR count). The highest BCUT2D eigenvalue weighted by molar-refractivity contribution is 5.71. The van der Waals surface area contributed by atoms with Crippen molar-refractivity contribution in [2.45, 2.75) is 59.0 Å². The Kier molecular flexibility index (Phi) is 19.8. The fourth-order valence-electron chi connectivity index (χ4n) is 2.21. The first-order valence-corrected chi connectivity index (χ1v) is 11.1. The topological polar surface area (TPSA) is 98.8 Å². The Morgan fingerprint density at radius 1 is 0.613 bits per heavy atom. The number of carbonyl (C=O) groups excluding carboxylic acids is 2. The lowest BCUT2D eigenvalue weighted by Crippen LogP contribution is -2.27. The predicted molar refractivity (Wildman–Crippen MR) is 115 cm³/mol. The van der Waals surface area contributed by atoms with Crippen molar-refractivity contribution in [3.8, 4) is 0 Å². The van der Waals surface area contributed by atoms with Gasteiger partial charge in [0, 0.05) is 6.42 Å². The van der Waals surface area contributed by atoms with Gasteiger partial charge in [-0.05, 0) is 27.2 Å². The third-order valence-corrected chi connectivity index (χ3v) is 3.60. The smallest absolute Gasteiger partial charge is 0.332 e. The molecule has 184 valence electrons. The van der Waals surface area contributed by atoms with E-state index in [9.17, 15) is 9.59 Å². The molecule has 0 aromatic heterocycles. The van der Waals surface area contributed by atoms with Crippen LogP contribution >= 0.6 is 0 Å². The van der Waals surface area contributed by atoms with Gasteiger partial charge in [0.05, 0.1) is 59.5 Å². The van der Waals surface area contributed by atoms with E-state index in [4.69, 9.17) is 33.2 Å². The molecule has 0 heterocycles. The maximum atomic E-state index is 11.4. The minimum absolute atomic E-state index is 0.0810. The third-order valence-electron chi connectivity index (χ3n) is 3.60. The molecule has 0 N–H and O–H groups in total. The first-order valence-electron chi connectivity index (χ1n) is 11.1. The van der Waals surface area contributed by atoms with Gasteiger partial charge in [0.25, 0.3) is 0 Å². The lowest BCUT2D eigenvalue weighted by molar-refractivity contribution is -0.160. The zero-order valence-corrected chi connectivity index (χ0v) is 19.8. The van der Waals surface area contributed by atoms with Gasteiger partial charge in [0.2, 0.25) is 0 Å². The van der Waals surface area contributed by atoms with Crippen LogP contribution in [0.25, 0.3) is 0 Å². The van der Waals surface area contributed by atoms with Crippen molar-refractivity contribution >= 4 is 11.9 Å². The standard InChI is InChI=1S/C22H42O9/c1-5-6-7-8-20(23)30-18-17-28-14-13-26-10-9-25-11-12-27-15-16-29-19-21(24)31-22(2,3)4/h5-19H2,1-4H3. The molecule has 0 aromatic carbocycles. The fourth-order valence-corrected chi connectivity index (χ4v) is 2.21. The van der Waals surface area contributed by atoms with E-state index in [0.29, 0.717) is 65.9 Å². The number of unbranched alkanes of at least 4 members (excludes halogenated alkanes) is 2. The van der Waals surface area contributed by atoms with Crippen LogP contribution in [-0.2, 0) is 42.7 Å². The van der Waals surface area contributed by atoms with Crippen LogP contribution in [0.3, 0.4) is 0 Å². The van der Waals surface area contributed by atoms with Crippen LogP contribution in [0.4, 0.5) is 0 Å². The summed E-state index contributed by atoms with van der Waals surface area (Å²) in [5.41, 5.74) is -0.505. The second kappa shape index (κ2) is 20.6. The summed E-state index contributed by atoms with van der Waals surface area (Å²) in [6, 6.07) is 0. The molecule has 0 spiro atoms. The number of hydrogen-bond acceptors (Lipinski definition) is 9. The lowest BCUT2D eigenvalue weighted by atomic mass is 10.2. The van der Waals surface area contributed by atoms with Crippen molar-refractivity contribution in [1.82, 2.24) is 0 Å². The zero-order chi connectivity index (χ0) is 23.2. The molecule has 0 aliphatic rings. The van der Waals surface area contributed by atoms with Crippen LogP contribution in [0, 0.1) is 0 Å². The summed E-state index contributed by atoms with van der Waals surface area (Å²) >= 11 is 0. The third kappa shape index (κ3) is 24.9. The van der Waals surface area contributed by atoms with E-state index < -0.39 is 5.60 Å². The first-order chi connectivity index (χ1) is 14.8. The fraction of sp³-hybridized carbons (Fsp3) is 0.909. The van der Waals surface area contributed by atoms with Crippen LogP contribution in [0.1, 0.15) is 53.4 Å². The molecule has 0 bridgehead atoms. The van der Waals surface area contributed by atoms with E-state index in [0.717, 1.165) is 19.3 Å². The molecule has 9 heteroatoms. The highest BCUT2D eigenvalue weighted by Crippen LogP contribution is 2.06. The molecule has 0 saturated carbocycles. The Bertz CT molecular complexity index is 435. The van der Waals surface area contributed by atoms with Crippen molar-refractivity contribution in [2.24, 2.45) is 0 Å². The number of hydrogen-bond donors (Lipinski definition) is 0. The molecule has 0 aliphatic heterocycles. The largest absolute Gasteiger partial charge is 0.463 e. The Morgan fingerprint density at radius 2 is 1.06 bits per heavy atom. The molecular weight excluding hydrogens is 408 g/mol. The number of carbonyl (C=O) groups is 2. The minimum atomic E-state index is -0.505. The van der Waals surface area contributed by atoms with Crippen molar-refractivity contribution < 1.29 is 42.7 Å². The monoisotopic (exact) mass is 450 g/mol. The number of ether oxygens (including phenoxy) is 7. The summed E-state index contributed by atoms with van der Waals surface area (Å²) in [6.45, 7) is 11.5. The van der Waals surface area contributed by atoms with Crippen molar-refractivity contribution in [2.75, 3.05) is 72.7 Å². The van der Waals surface area contributed by atoms with Gasteiger partial charge in [-0.3, -0.25) is 4.79 Å². The number of esters is 2. The second-order valence-electron chi connectivity index (χ2n) is 7.77. The molecule has 0 aliphatic carbocycles. The van der Waals surface area contributed by atoms with E-state index in [1.165, 1.54) is 0 Å². The van der Waals surface area contributed by atoms with Crippen LogP contribution < -0.4 is 0 Å². The Labute approximate surface area is 187 Å². The molecule has 9 nitrogen and oxygen atoms in total. The molecule has 0 fully saturated rings.